The van der Waals surface area contributed by atoms with Gasteiger partial charge in [0.15, 0.2) is 0 Å². The Morgan fingerprint density at radius 3 is 2.95 bits per heavy atom. The predicted octanol–water partition coefficient (Wildman–Crippen LogP) is 3.28. The topological polar surface area (TPSA) is 32.7 Å². The van der Waals surface area contributed by atoms with E-state index in [1.54, 1.807) is 0 Å². The molecule has 1 atom stereocenters. The highest BCUT2D eigenvalue weighted by Gasteiger charge is 2.35. The Morgan fingerprint density at radius 2 is 2.05 bits per heavy atom. The molecule has 2 aromatic rings. The van der Waals surface area contributed by atoms with Gasteiger partial charge in [-0.05, 0) is 30.7 Å². The molecule has 0 unspecified atom stereocenters. The van der Waals surface area contributed by atoms with Crippen LogP contribution in [0.4, 0.5) is 11.4 Å². The number of hydrogen-bond donors (Lipinski definition) is 0. The van der Waals surface area contributed by atoms with Gasteiger partial charge in [-0.15, -0.1) is 0 Å². The van der Waals surface area contributed by atoms with Crippen LogP contribution in [-0.4, -0.2) is 18.2 Å². The van der Waals surface area contributed by atoms with E-state index in [1.165, 1.54) is 5.56 Å². The first-order valence-corrected chi connectivity index (χ1v) is 6.80. The molecule has 0 spiro atoms. The predicted molar refractivity (Wildman–Crippen MR) is 80.1 cm³/mol. The molecular weight excluding hydrogens is 248 g/mol. The minimum atomic E-state index is 0.0348. The number of carbonyl (C=O) groups excluding carboxylic acids is 1. The highest BCUT2D eigenvalue weighted by molar-refractivity contribution is 6.14. The number of para-hydroxylation sites is 1. The van der Waals surface area contributed by atoms with Crippen LogP contribution < -0.4 is 4.90 Å². The van der Waals surface area contributed by atoms with Crippen molar-refractivity contribution >= 4 is 23.5 Å². The zero-order chi connectivity index (χ0) is 13.7. The molecule has 0 aliphatic carbocycles. The Morgan fingerprint density at radius 1 is 1.20 bits per heavy atom. The maximum atomic E-state index is 12.9. The molecule has 0 saturated carbocycles. The van der Waals surface area contributed by atoms with Crippen molar-refractivity contribution < 1.29 is 4.79 Å². The third-order valence-electron chi connectivity index (χ3n) is 4.00. The van der Waals surface area contributed by atoms with Crippen LogP contribution in [0.3, 0.4) is 0 Å². The Hall–Kier alpha value is -2.42. The van der Waals surface area contributed by atoms with Crippen molar-refractivity contribution in [2.75, 3.05) is 4.90 Å². The third-order valence-corrected chi connectivity index (χ3v) is 4.00. The number of nitrogens with zero attached hydrogens (tertiary/aromatic N) is 2. The van der Waals surface area contributed by atoms with E-state index in [0.29, 0.717) is 5.56 Å². The average molecular weight is 262 g/mol. The zero-order valence-electron chi connectivity index (χ0n) is 11.2. The standard InChI is InChI=1S/C17H14N2O/c1-11-6-7-15-14(8-11)17(20)19-13(10-18-15)9-12-4-2-3-5-16(12)19/h2-8,10,13H,9H2,1H3/t13-/m0/s1. The van der Waals surface area contributed by atoms with Gasteiger partial charge in [-0.2, -0.15) is 0 Å². The summed E-state index contributed by atoms with van der Waals surface area (Å²) in [5.74, 6) is 0.0520. The van der Waals surface area contributed by atoms with Crippen molar-refractivity contribution in [1.82, 2.24) is 0 Å². The highest BCUT2D eigenvalue weighted by Crippen LogP contribution is 2.36. The molecule has 98 valence electrons. The Kier molecular flexibility index (Phi) is 2.30. The van der Waals surface area contributed by atoms with E-state index in [1.807, 2.05) is 54.4 Å². The van der Waals surface area contributed by atoms with Gasteiger partial charge in [-0.25, -0.2) is 0 Å². The minimum absolute atomic E-state index is 0.0348. The van der Waals surface area contributed by atoms with Gasteiger partial charge in [0.2, 0.25) is 0 Å². The summed E-state index contributed by atoms with van der Waals surface area (Å²) in [5, 5.41) is 0. The van der Waals surface area contributed by atoms with Crippen molar-refractivity contribution in [3.05, 3.63) is 59.2 Å². The van der Waals surface area contributed by atoms with Crippen LogP contribution >= 0.6 is 0 Å². The van der Waals surface area contributed by atoms with Crippen LogP contribution in [0.5, 0.6) is 0 Å². The van der Waals surface area contributed by atoms with E-state index in [4.69, 9.17) is 0 Å². The molecule has 0 bridgehead atoms. The SMILES string of the molecule is Cc1ccc2c(c1)C(=O)N1c3ccccc3C[C@H]1C=N2. The van der Waals surface area contributed by atoms with Crippen LogP contribution in [0.2, 0.25) is 0 Å². The number of benzene rings is 2. The van der Waals surface area contributed by atoms with Crippen LogP contribution in [0, 0.1) is 6.92 Å². The summed E-state index contributed by atoms with van der Waals surface area (Å²) in [5.41, 5.74) is 4.78. The molecule has 1 amide bonds. The quantitative estimate of drug-likeness (QED) is 0.717. The van der Waals surface area contributed by atoms with E-state index < -0.39 is 0 Å². The summed E-state index contributed by atoms with van der Waals surface area (Å²) < 4.78 is 0. The minimum Gasteiger partial charge on any atom is -0.299 e. The van der Waals surface area contributed by atoms with Gasteiger partial charge >= 0.3 is 0 Å². The Labute approximate surface area is 117 Å². The summed E-state index contributed by atoms with van der Waals surface area (Å²) in [6, 6.07) is 14.0. The number of fused-ring (bicyclic) bond motifs is 4. The first-order chi connectivity index (χ1) is 9.74. The van der Waals surface area contributed by atoms with Gasteiger partial charge < -0.3 is 0 Å². The van der Waals surface area contributed by atoms with E-state index in [0.717, 1.165) is 23.4 Å². The summed E-state index contributed by atoms with van der Waals surface area (Å²) >= 11 is 0. The number of amides is 1. The summed E-state index contributed by atoms with van der Waals surface area (Å²) in [6.07, 6.45) is 2.75. The van der Waals surface area contributed by atoms with Crippen molar-refractivity contribution in [3.63, 3.8) is 0 Å². The van der Waals surface area contributed by atoms with Gasteiger partial charge in [0, 0.05) is 18.3 Å². The molecule has 3 heteroatoms. The molecule has 3 nitrogen and oxygen atoms in total. The monoisotopic (exact) mass is 262 g/mol. The molecule has 0 N–H and O–H groups in total. The molecule has 20 heavy (non-hydrogen) atoms. The van der Waals surface area contributed by atoms with Gasteiger partial charge in [-0.1, -0.05) is 29.8 Å². The van der Waals surface area contributed by atoms with Gasteiger partial charge in [-0.3, -0.25) is 14.7 Å². The lowest BCUT2D eigenvalue weighted by atomic mass is 10.1. The van der Waals surface area contributed by atoms with Gasteiger partial charge in [0.1, 0.15) is 0 Å². The van der Waals surface area contributed by atoms with Crippen molar-refractivity contribution in [2.45, 2.75) is 19.4 Å². The largest absolute Gasteiger partial charge is 0.299 e. The number of carbonyl (C=O) groups is 1. The van der Waals surface area contributed by atoms with E-state index in [2.05, 4.69) is 11.1 Å². The molecule has 0 saturated heterocycles. The van der Waals surface area contributed by atoms with Crippen molar-refractivity contribution in [1.29, 1.82) is 0 Å². The van der Waals surface area contributed by atoms with Gasteiger partial charge in [0.05, 0.1) is 17.3 Å². The fourth-order valence-electron chi connectivity index (χ4n) is 3.02. The number of rotatable bonds is 0. The number of anilines is 1. The number of aliphatic imine (C=N–C) groups is 1. The first-order valence-electron chi connectivity index (χ1n) is 6.80. The van der Waals surface area contributed by atoms with Crippen molar-refractivity contribution in [3.8, 4) is 0 Å². The number of aryl methyl sites for hydroxylation is 1. The molecule has 2 heterocycles. The van der Waals surface area contributed by atoms with Crippen LogP contribution in [0.15, 0.2) is 47.5 Å². The van der Waals surface area contributed by atoms with Crippen LogP contribution in [0.25, 0.3) is 0 Å². The maximum absolute atomic E-state index is 12.9. The normalized spacial score (nSPS) is 19.4. The molecule has 2 aliphatic rings. The lowest BCUT2D eigenvalue weighted by molar-refractivity contribution is 0.0987. The molecular formula is C17H14N2O. The second-order valence-electron chi connectivity index (χ2n) is 5.37. The lowest BCUT2D eigenvalue weighted by Crippen LogP contribution is -2.37. The van der Waals surface area contributed by atoms with Gasteiger partial charge in [0.25, 0.3) is 5.91 Å². The zero-order valence-corrected chi connectivity index (χ0v) is 11.2. The first kappa shape index (κ1) is 11.4. The van der Waals surface area contributed by atoms with E-state index in [-0.39, 0.29) is 11.9 Å². The van der Waals surface area contributed by atoms with E-state index >= 15 is 0 Å². The lowest BCUT2D eigenvalue weighted by Gasteiger charge is -2.21. The number of hydrogen-bond acceptors (Lipinski definition) is 2. The molecule has 0 radical (unpaired) electrons. The fourth-order valence-corrected chi connectivity index (χ4v) is 3.02. The third kappa shape index (κ3) is 1.53. The fraction of sp³-hybridized carbons (Fsp3) is 0.176. The molecule has 0 fully saturated rings. The summed E-state index contributed by atoms with van der Waals surface area (Å²) in [6.45, 7) is 2.00. The van der Waals surface area contributed by atoms with E-state index in [9.17, 15) is 4.79 Å². The Bertz CT molecular complexity index is 748. The second-order valence-corrected chi connectivity index (χ2v) is 5.37. The smallest absolute Gasteiger partial charge is 0.261 e. The Balaban J connectivity index is 1.90. The van der Waals surface area contributed by atoms with Crippen LogP contribution in [-0.2, 0) is 6.42 Å². The average Bonchev–Trinajstić information content (AvgIpc) is 2.77. The summed E-state index contributed by atoms with van der Waals surface area (Å²) in [4.78, 5) is 19.3. The molecule has 2 aromatic carbocycles. The van der Waals surface area contributed by atoms with Crippen molar-refractivity contribution in [2.24, 2.45) is 4.99 Å². The van der Waals surface area contributed by atoms with Crippen LogP contribution in [0.1, 0.15) is 21.5 Å². The maximum Gasteiger partial charge on any atom is 0.261 e. The molecule has 2 aliphatic heterocycles. The highest BCUT2D eigenvalue weighted by atomic mass is 16.2. The molecule has 4 rings (SSSR count). The second kappa shape index (κ2) is 4.04. The molecule has 0 aromatic heterocycles. The summed E-state index contributed by atoms with van der Waals surface area (Å²) in [7, 11) is 0.